The molecule has 0 fully saturated rings. The summed E-state index contributed by atoms with van der Waals surface area (Å²) in [4.78, 5) is 0. The normalized spacial score (nSPS) is 10.2. The molecule has 0 aromatic heterocycles. The second-order valence-electron chi connectivity index (χ2n) is 4.05. The zero-order valence-electron chi connectivity index (χ0n) is 9.95. The molecule has 0 spiro atoms. The van der Waals surface area contributed by atoms with Crippen molar-refractivity contribution in [3.8, 4) is 16.9 Å². The number of ether oxygens (including phenoxy) is 1. The van der Waals surface area contributed by atoms with Crippen LogP contribution in [-0.2, 0) is 0 Å². The van der Waals surface area contributed by atoms with Crippen molar-refractivity contribution < 1.29 is 4.74 Å². The van der Waals surface area contributed by atoms with E-state index >= 15 is 0 Å². The van der Waals surface area contributed by atoms with Gasteiger partial charge >= 0.3 is 0 Å². The monoisotopic (exact) mass is 212 g/mol. The Bertz CT molecular complexity index is 501. The molecular formula is C15H16O. The first-order valence-electron chi connectivity index (χ1n) is 5.42. The Labute approximate surface area is 96.7 Å². The molecule has 82 valence electrons. The highest BCUT2D eigenvalue weighted by Crippen LogP contribution is 2.27. The molecule has 16 heavy (non-hydrogen) atoms. The fourth-order valence-electron chi connectivity index (χ4n) is 1.93. The maximum Gasteiger partial charge on any atom is 0.119 e. The third-order valence-electron chi connectivity index (χ3n) is 2.76. The number of hydrogen-bond donors (Lipinski definition) is 0. The van der Waals surface area contributed by atoms with E-state index in [0.717, 1.165) is 5.75 Å². The van der Waals surface area contributed by atoms with Gasteiger partial charge < -0.3 is 4.74 Å². The first kappa shape index (κ1) is 10.7. The molecule has 0 aliphatic rings. The van der Waals surface area contributed by atoms with E-state index in [2.05, 4.69) is 44.2 Å². The van der Waals surface area contributed by atoms with Crippen LogP contribution in [0.2, 0.25) is 0 Å². The molecule has 0 N–H and O–H groups in total. The molecule has 2 aromatic carbocycles. The summed E-state index contributed by atoms with van der Waals surface area (Å²) in [6.07, 6.45) is 0. The lowest BCUT2D eigenvalue weighted by Gasteiger charge is -2.08. The lowest BCUT2D eigenvalue weighted by Crippen LogP contribution is -1.87. The van der Waals surface area contributed by atoms with Crippen molar-refractivity contribution in [1.29, 1.82) is 0 Å². The first-order valence-corrected chi connectivity index (χ1v) is 5.42. The molecule has 0 atom stereocenters. The zero-order valence-corrected chi connectivity index (χ0v) is 9.95. The second kappa shape index (κ2) is 4.40. The Morgan fingerprint density at radius 3 is 2.44 bits per heavy atom. The van der Waals surface area contributed by atoms with E-state index in [1.54, 1.807) is 7.11 Å². The smallest absolute Gasteiger partial charge is 0.119 e. The molecule has 0 bridgehead atoms. The molecule has 1 heteroatoms. The van der Waals surface area contributed by atoms with Gasteiger partial charge in [0.25, 0.3) is 0 Å². The Hall–Kier alpha value is -1.76. The van der Waals surface area contributed by atoms with Crippen LogP contribution in [0.15, 0.2) is 42.5 Å². The quantitative estimate of drug-likeness (QED) is 0.731. The van der Waals surface area contributed by atoms with Crippen molar-refractivity contribution in [1.82, 2.24) is 0 Å². The minimum absolute atomic E-state index is 0.900. The van der Waals surface area contributed by atoms with E-state index in [9.17, 15) is 0 Å². The van der Waals surface area contributed by atoms with E-state index in [0.29, 0.717) is 0 Å². The van der Waals surface area contributed by atoms with Crippen LogP contribution in [0.5, 0.6) is 5.75 Å². The zero-order chi connectivity index (χ0) is 11.5. The number of methoxy groups -OCH3 is 1. The fraction of sp³-hybridized carbons (Fsp3) is 0.200. The Morgan fingerprint density at radius 2 is 1.75 bits per heavy atom. The van der Waals surface area contributed by atoms with Gasteiger partial charge in [-0.15, -0.1) is 0 Å². The van der Waals surface area contributed by atoms with Gasteiger partial charge in [0.05, 0.1) is 7.11 Å². The minimum Gasteiger partial charge on any atom is -0.497 e. The molecule has 0 aliphatic carbocycles. The summed E-state index contributed by atoms with van der Waals surface area (Å²) in [6.45, 7) is 4.25. The van der Waals surface area contributed by atoms with Gasteiger partial charge in [0.15, 0.2) is 0 Å². The van der Waals surface area contributed by atoms with E-state index in [4.69, 9.17) is 4.74 Å². The van der Waals surface area contributed by atoms with E-state index in [-0.39, 0.29) is 0 Å². The van der Waals surface area contributed by atoms with Gasteiger partial charge in [-0.1, -0.05) is 35.9 Å². The molecular weight excluding hydrogens is 196 g/mol. The summed E-state index contributed by atoms with van der Waals surface area (Å²) >= 11 is 0. The third-order valence-corrected chi connectivity index (χ3v) is 2.76. The maximum atomic E-state index is 5.24. The highest BCUT2D eigenvalue weighted by Gasteiger charge is 2.02. The predicted octanol–water partition coefficient (Wildman–Crippen LogP) is 3.98. The first-order chi connectivity index (χ1) is 7.70. The van der Waals surface area contributed by atoms with Crippen LogP contribution < -0.4 is 4.74 Å². The third kappa shape index (κ3) is 2.08. The largest absolute Gasteiger partial charge is 0.497 e. The van der Waals surface area contributed by atoms with Crippen molar-refractivity contribution in [2.24, 2.45) is 0 Å². The molecule has 0 aliphatic heterocycles. The van der Waals surface area contributed by atoms with Gasteiger partial charge in [-0.3, -0.25) is 0 Å². The Morgan fingerprint density at radius 1 is 0.938 bits per heavy atom. The molecule has 2 rings (SSSR count). The highest BCUT2D eigenvalue weighted by atomic mass is 16.5. The fourth-order valence-corrected chi connectivity index (χ4v) is 1.93. The van der Waals surface area contributed by atoms with Crippen molar-refractivity contribution in [2.45, 2.75) is 13.8 Å². The summed E-state index contributed by atoms with van der Waals surface area (Å²) in [7, 11) is 1.70. The van der Waals surface area contributed by atoms with E-state index in [1.165, 1.54) is 22.3 Å². The lowest BCUT2D eigenvalue weighted by molar-refractivity contribution is 0.415. The predicted molar refractivity (Wildman–Crippen MR) is 67.9 cm³/mol. The molecule has 0 amide bonds. The summed E-state index contributed by atoms with van der Waals surface area (Å²) in [5, 5.41) is 0. The van der Waals surface area contributed by atoms with Crippen molar-refractivity contribution >= 4 is 0 Å². The van der Waals surface area contributed by atoms with E-state index in [1.807, 2.05) is 12.1 Å². The number of aryl methyl sites for hydroxylation is 2. The highest BCUT2D eigenvalue weighted by molar-refractivity contribution is 5.68. The SMILES string of the molecule is COc1cccc(-c2ccc(C)cc2C)c1. The average Bonchev–Trinajstić information content (AvgIpc) is 2.29. The van der Waals surface area contributed by atoms with Crippen LogP contribution in [0.1, 0.15) is 11.1 Å². The van der Waals surface area contributed by atoms with Gasteiger partial charge in [0, 0.05) is 0 Å². The maximum absolute atomic E-state index is 5.24. The van der Waals surface area contributed by atoms with Crippen molar-refractivity contribution in [3.05, 3.63) is 53.6 Å². The van der Waals surface area contributed by atoms with E-state index < -0.39 is 0 Å². The van der Waals surface area contributed by atoms with Gasteiger partial charge in [0.2, 0.25) is 0 Å². The minimum atomic E-state index is 0.900. The lowest BCUT2D eigenvalue weighted by atomic mass is 9.99. The summed E-state index contributed by atoms with van der Waals surface area (Å²) in [5.41, 5.74) is 5.07. The molecule has 0 radical (unpaired) electrons. The summed E-state index contributed by atoms with van der Waals surface area (Å²) in [5.74, 6) is 0.900. The van der Waals surface area contributed by atoms with Gasteiger partial charge in [0.1, 0.15) is 5.75 Å². The topological polar surface area (TPSA) is 9.23 Å². The van der Waals surface area contributed by atoms with Gasteiger partial charge in [-0.25, -0.2) is 0 Å². The molecule has 2 aromatic rings. The van der Waals surface area contributed by atoms with Crippen LogP contribution in [0.4, 0.5) is 0 Å². The van der Waals surface area contributed by atoms with Crippen molar-refractivity contribution in [3.63, 3.8) is 0 Å². The standard InChI is InChI=1S/C15H16O/c1-11-7-8-15(12(2)9-11)13-5-4-6-14(10-13)16-3/h4-10H,1-3H3. The Balaban J connectivity index is 2.49. The Kier molecular flexibility index (Phi) is 2.95. The van der Waals surface area contributed by atoms with Gasteiger partial charge in [-0.05, 0) is 42.7 Å². The molecule has 0 heterocycles. The summed E-state index contributed by atoms with van der Waals surface area (Å²) in [6, 6.07) is 14.7. The van der Waals surface area contributed by atoms with Crippen LogP contribution in [0.3, 0.4) is 0 Å². The average molecular weight is 212 g/mol. The molecule has 0 saturated heterocycles. The number of benzene rings is 2. The number of hydrogen-bond acceptors (Lipinski definition) is 1. The second-order valence-corrected chi connectivity index (χ2v) is 4.05. The van der Waals surface area contributed by atoms with Crippen LogP contribution in [0, 0.1) is 13.8 Å². The van der Waals surface area contributed by atoms with Crippen molar-refractivity contribution in [2.75, 3.05) is 7.11 Å². The molecule has 0 saturated carbocycles. The molecule has 1 nitrogen and oxygen atoms in total. The van der Waals surface area contributed by atoms with Crippen LogP contribution in [0.25, 0.3) is 11.1 Å². The van der Waals surface area contributed by atoms with Crippen LogP contribution in [-0.4, -0.2) is 7.11 Å². The summed E-state index contributed by atoms with van der Waals surface area (Å²) < 4.78 is 5.24. The number of rotatable bonds is 2. The van der Waals surface area contributed by atoms with Crippen LogP contribution >= 0.6 is 0 Å². The van der Waals surface area contributed by atoms with Gasteiger partial charge in [-0.2, -0.15) is 0 Å². The molecule has 0 unspecified atom stereocenters.